The molecule has 0 bridgehead atoms. The summed E-state index contributed by atoms with van der Waals surface area (Å²) < 4.78 is 3.31. The molecule has 194 valence electrons. The quantitative estimate of drug-likeness (QED) is 0.0890. The number of carboxylic acid groups (broad SMARTS) is 2. The number of aliphatic carboxylic acids is 2. The van der Waals surface area contributed by atoms with Crippen molar-refractivity contribution >= 4 is 42.8 Å². The molecule has 0 saturated carbocycles. The van der Waals surface area contributed by atoms with E-state index < -0.39 is 24.0 Å². The summed E-state index contributed by atoms with van der Waals surface area (Å²) in [5.74, 6) is -2.53. The first-order valence-electron chi connectivity index (χ1n) is 9.02. The van der Waals surface area contributed by atoms with Crippen molar-refractivity contribution in [3.63, 3.8) is 0 Å². The smallest absolute Gasteiger partial charge is 0.544 e. The summed E-state index contributed by atoms with van der Waals surface area (Å²) in [7, 11) is 10.6. The number of quaternary nitrogens is 2. The van der Waals surface area contributed by atoms with E-state index in [1.165, 1.54) is 0 Å². The number of hydrogen-bond donors (Lipinski definition) is 3. The van der Waals surface area contributed by atoms with Crippen molar-refractivity contribution in [1.29, 1.82) is 0 Å². The second kappa shape index (κ2) is 20.4. The number of aromatic amines is 2. The zero-order chi connectivity index (χ0) is 25.0. The molecule has 0 aliphatic rings. The molecule has 0 radical (unpaired) electrons. The van der Waals surface area contributed by atoms with Crippen LogP contribution >= 0.6 is 12.2 Å². The van der Waals surface area contributed by atoms with Crippen molar-refractivity contribution < 1.29 is 91.9 Å². The number of hydrogen-bond acceptors (Lipinski definition) is 8. The van der Waals surface area contributed by atoms with Gasteiger partial charge in [-0.1, -0.05) is 7.43 Å². The van der Waals surface area contributed by atoms with Gasteiger partial charge in [0, 0.05) is 19.7 Å². The fourth-order valence-electron chi connectivity index (χ4n) is 2.33. The second-order valence-corrected chi connectivity index (χ2v) is 9.00. The van der Waals surface area contributed by atoms with Crippen LogP contribution in [0.5, 0.6) is 0 Å². The predicted molar refractivity (Wildman–Crippen MR) is 128 cm³/mol. The summed E-state index contributed by atoms with van der Waals surface area (Å²) in [6.07, 6.45) is 2.00. The van der Waals surface area contributed by atoms with Crippen LogP contribution in [0.3, 0.4) is 0 Å². The maximum absolute atomic E-state index is 11.0. The largest absolute Gasteiger partial charge is 1.00 e. The van der Waals surface area contributed by atoms with E-state index in [0.29, 0.717) is 15.7 Å². The van der Waals surface area contributed by atoms with Crippen LogP contribution in [-0.4, -0.2) is 103 Å². The first kappa shape index (κ1) is 43.3. The number of nitrogens with one attached hydrogen (secondary N) is 2. The number of aromatic nitrogens is 2. The van der Waals surface area contributed by atoms with E-state index in [2.05, 4.69) is 27.0 Å². The summed E-state index contributed by atoms with van der Waals surface area (Å²) in [6, 6.07) is -1.41. The molecule has 0 aromatic carbocycles. The Morgan fingerprint density at radius 1 is 1.15 bits per heavy atom. The molecule has 6 N–H and O–H groups in total. The molecule has 0 fully saturated rings. The number of imidazole rings is 1. The molecule has 1 rings (SSSR count). The zero-order valence-electron chi connectivity index (χ0n) is 20.1. The van der Waals surface area contributed by atoms with E-state index in [1.54, 1.807) is 27.3 Å². The molecule has 0 unspecified atom stereocenters. The predicted octanol–water partition coefficient (Wildman–Crippen LogP) is -5.40. The molecular weight excluding hydrogens is 511 g/mol. The Bertz CT molecular complexity index is 833. The molecule has 2 atom stereocenters. The Hall–Kier alpha value is -0.774. The summed E-state index contributed by atoms with van der Waals surface area (Å²) in [5.41, 5.74) is 5.87. The number of nitrogens with zero attached hydrogens (tertiary/aromatic N) is 3. The molecule has 0 aliphatic carbocycles. The third kappa shape index (κ3) is 19.5. The third-order valence-electron chi connectivity index (χ3n) is 4.13. The maximum atomic E-state index is 11.0. The van der Waals surface area contributed by atoms with Gasteiger partial charge in [0.15, 0.2) is 10.6 Å². The number of carbonyl (C=O) groups is 3. The van der Waals surface area contributed by atoms with Crippen LogP contribution in [-0.2, 0) is 33.6 Å². The molecule has 0 aliphatic heterocycles. The molecule has 1 aromatic rings. The number of ketones is 1. The van der Waals surface area contributed by atoms with Crippen molar-refractivity contribution in [3.8, 4) is 0 Å². The van der Waals surface area contributed by atoms with Gasteiger partial charge in [-0.15, -0.1) is 0 Å². The zero-order valence-corrected chi connectivity index (χ0v) is 24.9. The minimum atomic E-state index is -1.21. The monoisotopic (exact) mass is 551 g/mol. The summed E-state index contributed by atoms with van der Waals surface area (Å²) in [4.78, 5) is 38.3. The molecule has 15 heteroatoms. The minimum absolute atomic E-state index is 0. The van der Waals surface area contributed by atoms with Crippen LogP contribution < -0.4 is 67.3 Å². The average molecular weight is 552 g/mol. The van der Waals surface area contributed by atoms with E-state index in [4.69, 9.17) is 24.5 Å². The van der Waals surface area contributed by atoms with Gasteiger partial charge in [0.05, 0.1) is 67.2 Å². The van der Waals surface area contributed by atoms with Crippen molar-refractivity contribution in [1.82, 2.24) is 9.97 Å². The molecule has 1 aromatic heterocycles. The molecule has 1 heterocycles. The molecule has 0 amide bonds. The first-order chi connectivity index (χ1) is 14.0. The fourth-order valence-corrected chi connectivity index (χ4v) is 2.52. The van der Waals surface area contributed by atoms with Gasteiger partial charge >= 0.3 is 51.4 Å². The topological polar surface area (TPSA) is 191 Å². The first-order valence-corrected chi connectivity index (χ1v) is 9.79. The number of H-pyrrole nitrogens is 2. The van der Waals surface area contributed by atoms with Gasteiger partial charge in [-0.25, -0.2) is 0 Å². The van der Waals surface area contributed by atoms with Crippen LogP contribution in [0.1, 0.15) is 21.0 Å². The van der Waals surface area contributed by atoms with Gasteiger partial charge in [-0.3, -0.25) is 11.4 Å². The number of rotatable bonds is 9. The van der Waals surface area contributed by atoms with Crippen LogP contribution in [0.15, 0.2) is 6.20 Å². The van der Waals surface area contributed by atoms with Gasteiger partial charge in [-0.05, 0) is 12.2 Å². The second-order valence-electron chi connectivity index (χ2n) is 8.41. The molecule has 0 spiro atoms. The third-order valence-corrected chi connectivity index (χ3v) is 4.35. The number of carbonyl (C=O) groups excluding carboxylic acids is 3. The number of likely N-dealkylation sites (N-methyl/N-ethyl adjacent to an activating group) is 2. The molecule has 0 saturated heterocycles. The molecular formula is C19H39KN6O6S2. The minimum Gasteiger partial charge on any atom is -0.544 e. The van der Waals surface area contributed by atoms with E-state index in [9.17, 15) is 24.6 Å². The van der Waals surface area contributed by atoms with Gasteiger partial charge in [0.2, 0.25) is 0 Å². The summed E-state index contributed by atoms with van der Waals surface area (Å²) in [6.45, 7) is 5.53. The van der Waals surface area contributed by atoms with Crippen molar-refractivity contribution in [2.45, 2.75) is 32.4 Å². The fraction of sp³-hybridized carbons (Fsp3) is 0.632. The Labute approximate surface area is 256 Å². The van der Waals surface area contributed by atoms with Gasteiger partial charge < -0.3 is 67.0 Å². The number of Topliss-reactive ketones (excluding diaryl/α,β-unsaturated/α-hetero) is 1. The van der Waals surface area contributed by atoms with E-state index in [0.717, 1.165) is 5.69 Å². The van der Waals surface area contributed by atoms with Crippen LogP contribution in [0.2, 0.25) is 0 Å². The number of nitrogens with two attached hydrogens (primary N) is 1. The Morgan fingerprint density at radius 2 is 1.53 bits per heavy atom. The molecule has 34 heavy (non-hydrogen) atoms. The van der Waals surface area contributed by atoms with Crippen molar-refractivity contribution in [2.75, 3.05) is 48.8 Å². The van der Waals surface area contributed by atoms with Gasteiger partial charge in [0.1, 0.15) is 12.1 Å². The Kier molecular flexibility index (Phi) is 26.0. The van der Waals surface area contributed by atoms with Crippen LogP contribution in [0.4, 0.5) is 0 Å². The van der Waals surface area contributed by atoms with E-state index in [-0.39, 0.29) is 88.9 Å². The Balaban J connectivity index is -0.0000000985. The summed E-state index contributed by atoms with van der Waals surface area (Å²) in [5, 5.41) is 21.7. The van der Waals surface area contributed by atoms with Gasteiger partial charge in [0.25, 0.3) is 0 Å². The normalized spacial score (nSPS) is 11.6. The average Bonchev–Trinajstić information content (AvgIpc) is 3.01. The maximum Gasteiger partial charge on any atom is 1.00 e. The van der Waals surface area contributed by atoms with E-state index >= 15 is 0 Å². The van der Waals surface area contributed by atoms with E-state index in [1.807, 2.05) is 21.1 Å². The van der Waals surface area contributed by atoms with Crippen molar-refractivity contribution in [3.05, 3.63) is 27.5 Å². The standard InChI is InChI=1S/C9H15N3O2S.C8H16N2O3.CNS.CH4.K.H2O.H2/c1-12(2,3)7(8(13)14)4-6-5-10-9(15)11-6;1-10(2,3)7(8(12)13)4-6(11)5-9;1-2-3;;;;/h5,7H,4H2,1-3H3,(H2-,10,11,13,14,15);7H,4-5,9H2,1-3H3;;1H4;;1H2;1H/q;;-1;;+1;;/t2*7-;;;;;/m00...../s1/i;;;;;;1+1. The SMILES string of the molecule is C.C[N+](C)(C)[C@@H](CC(=O)CN)C(=O)[O-].C[N+](C)(C)[C@@H](Cc1c[nH]c(=S)[nH]1)C(=O)[O-].O.[2HH].[C-]#[N+][S-].[K+]. The van der Waals surface area contributed by atoms with Crippen LogP contribution in [0.25, 0.3) is 4.25 Å². The number of carboxylic acids is 2. The van der Waals surface area contributed by atoms with Crippen LogP contribution in [0, 0.1) is 11.3 Å². The molecule has 12 nitrogen and oxygen atoms in total. The van der Waals surface area contributed by atoms with Gasteiger partial charge in [-0.2, -0.15) is 0 Å². The summed E-state index contributed by atoms with van der Waals surface area (Å²) >= 11 is 8.55. The Morgan fingerprint density at radius 3 is 1.76 bits per heavy atom. The van der Waals surface area contributed by atoms with Crippen molar-refractivity contribution in [2.24, 2.45) is 5.73 Å².